The molecule has 0 unspecified atom stereocenters. The minimum atomic E-state index is -2.75. The summed E-state index contributed by atoms with van der Waals surface area (Å²) in [6.07, 6.45) is 1.15. The number of fused-ring (bicyclic) bond motifs is 3. The maximum absolute atomic E-state index is 15.2. The standard InChI is InChI=1S/C27H31FN2O8/c1-4-5-6-16(31)30-15-9-14(28)12-7-11-8-13-17(10(2)3)22(33)20(26(29)37)25(36)27(13,38)24(35)18(11)23(34)19(12)21(15)32/h9-11,13,17,32,34,36,38H,4-8H2,1-3H3,(H2,29,37)(H,30,31)/t11-,13-,17-,27-/m0/s1. The molecule has 0 spiro atoms. The Hall–Kier alpha value is -3.73. The number of Topliss-reactive ketones (excluding diaryl/α,β-unsaturated/α-hetero) is 2. The average molecular weight is 531 g/mol. The number of primary amides is 1. The molecule has 0 saturated heterocycles. The summed E-state index contributed by atoms with van der Waals surface area (Å²) < 4.78 is 15.2. The number of anilines is 1. The number of hydrogen-bond donors (Lipinski definition) is 6. The van der Waals surface area contributed by atoms with Crippen LogP contribution in [0.2, 0.25) is 0 Å². The first kappa shape index (κ1) is 27.3. The number of phenolic OH excluding ortho intramolecular Hbond substituents is 1. The highest BCUT2D eigenvalue weighted by Gasteiger charge is 2.64. The molecule has 204 valence electrons. The predicted octanol–water partition coefficient (Wildman–Crippen LogP) is 2.57. The number of amides is 2. The van der Waals surface area contributed by atoms with Gasteiger partial charge in [0.15, 0.2) is 17.1 Å². The van der Waals surface area contributed by atoms with Crippen molar-refractivity contribution in [3.05, 3.63) is 39.9 Å². The van der Waals surface area contributed by atoms with Crippen molar-refractivity contribution in [1.29, 1.82) is 0 Å². The van der Waals surface area contributed by atoms with Gasteiger partial charge in [-0.15, -0.1) is 0 Å². The zero-order valence-electron chi connectivity index (χ0n) is 21.3. The van der Waals surface area contributed by atoms with Gasteiger partial charge >= 0.3 is 0 Å². The van der Waals surface area contributed by atoms with Gasteiger partial charge in [-0.3, -0.25) is 19.2 Å². The van der Waals surface area contributed by atoms with E-state index in [1.807, 2.05) is 6.92 Å². The highest BCUT2D eigenvalue weighted by atomic mass is 19.1. The molecule has 11 heteroatoms. The molecule has 3 aliphatic rings. The summed E-state index contributed by atoms with van der Waals surface area (Å²) in [5.41, 5.74) is 0.498. The van der Waals surface area contributed by atoms with Crippen molar-refractivity contribution >= 4 is 34.8 Å². The van der Waals surface area contributed by atoms with Crippen LogP contribution in [0.25, 0.3) is 5.76 Å². The summed E-state index contributed by atoms with van der Waals surface area (Å²) >= 11 is 0. The Labute approximate surface area is 218 Å². The summed E-state index contributed by atoms with van der Waals surface area (Å²) in [6, 6.07) is 0.937. The second kappa shape index (κ2) is 9.54. The Morgan fingerprint density at radius 3 is 2.47 bits per heavy atom. The minimum absolute atomic E-state index is 0.0978. The predicted molar refractivity (Wildman–Crippen MR) is 133 cm³/mol. The van der Waals surface area contributed by atoms with Gasteiger partial charge in [0.1, 0.15) is 22.9 Å². The van der Waals surface area contributed by atoms with Crippen molar-refractivity contribution in [3.63, 3.8) is 0 Å². The van der Waals surface area contributed by atoms with E-state index in [4.69, 9.17) is 5.73 Å². The number of halogens is 1. The molecule has 4 atom stereocenters. The molecule has 0 aromatic heterocycles. The Bertz CT molecular complexity index is 1330. The molecule has 0 aliphatic heterocycles. The van der Waals surface area contributed by atoms with E-state index in [0.717, 1.165) is 12.5 Å². The number of rotatable bonds is 6. The molecule has 0 radical (unpaired) electrons. The number of carbonyl (C=O) groups excluding carboxylic acids is 4. The summed E-state index contributed by atoms with van der Waals surface area (Å²) in [5, 5.41) is 46.9. The zero-order chi connectivity index (χ0) is 28.3. The van der Waals surface area contributed by atoms with Crippen LogP contribution in [-0.4, -0.2) is 49.4 Å². The number of nitrogens with two attached hydrogens (primary N) is 1. The quantitative estimate of drug-likeness (QED) is 0.239. The van der Waals surface area contributed by atoms with Crippen LogP contribution in [0.3, 0.4) is 0 Å². The van der Waals surface area contributed by atoms with Gasteiger partial charge in [-0.05, 0) is 31.1 Å². The van der Waals surface area contributed by atoms with Crippen LogP contribution in [0.4, 0.5) is 10.1 Å². The van der Waals surface area contributed by atoms with Crippen LogP contribution in [0.1, 0.15) is 57.6 Å². The van der Waals surface area contributed by atoms with Crippen LogP contribution >= 0.6 is 0 Å². The van der Waals surface area contributed by atoms with Gasteiger partial charge in [-0.1, -0.05) is 27.2 Å². The van der Waals surface area contributed by atoms with E-state index in [-0.39, 0.29) is 36.1 Å². The Kier molecular flexibility index (Phi) is 6.85. The third-order valence-corrected chi connectivity index (χ3v) is 7.95. The fourth-order valence-corrected chi connectivity index (χ4v) is 6.15. The fraction of sp³-hybridized carbons (Fsp3) is 0.481. The lowest BCUT2D eigenvalue weighted by molar-refractivity contribution is -0.155. The van der Waals surface area contributed by atoms with E-state index in [9.17, 15) is 39.6 Å². The number of carbonyl (C=O) groups is 4. The van der Waals surface area contributed by atoms with E-state index >= 15 is 4.39 Å². The van der Waals surface area contributed by atoms with Gasteiger partial charge in [0.05, 0.1) is 11.3 Å². The van der Waals surface area contributed by atoms with Gasteiger partial charge in [0, 0.05) is 35.5 Å². The second-order valence-corrected chi connectivity index (χ2v) is 10.6. The summed E-state index contributed by atoms with van der Waals surface area (Å²) in [5.74, 6) is -10.8. The molecule has 3 aliphatic carbocycles. The normalized spacial score (nSPS) is 26.7. The maximum Gasteiger partial charge on any atom is 0.255 e. The van der Waals surface area contributed by atoms with Crippen LogP contribution in [0, 0.1) is 29.5 Å². The van der Waals surface area contributed by atoms with Crippen LogP contribution in [0.5, 0.6) is 5.75 Å². The molecule has 4 rings (SSSR count). The molecule has 2 amide bonds. The second-order valence-electron chi connectivity index (χ2n) is 10.6. The van der Waals surface area contributed by atoms with Crippen molar-refractivity contribution in [2.45, 2.75) is 58.5 Å². The number of aliphatic hydroxyl groups is 3. The number of phenols is 1. The van der Waals surface area contributed by atoms with Crippen LogP contribution < -0.4 is 11.1 Å². The number of aromatic hydroxyl groups is 1. The number of nitrogens with one attached hydrogen (secondary N) is 1. The van der Waals surface area contributed by atoms with E-state index in [2.05, 4.69) is 5.32 Å². The molecule has 38 heavy (non-hydrogen) atoms. The van der Waals surface area contributed by atoms with E-state index in [1.165, 1.54) is 0 Å². The molecule has 10 nitrogen and oxygen atoms in total. The lowest BCUT2D eigenvalue weighted by atomic mass is 9.54. The molecular weight excluding hydrogens is 499 g/mol. The summed E-state index contributed by atoms with van der Waals surface area (Å²) in [4.78, 5) is 51.1. The van der Waals surface area contributed by atoms with Gasteiger partial charge in [0.25, 0.3) is 5.91 Å². The lowest BCUT2D eigenvalue weighted by Gasteiger charge is -2.50. The first-order chi connectivity index (χ1) is 17.8. The van der Waals surface area contributed by atoms with Gasteiger partial charge in [0.2, 0.25) is 11.7 Å². The highest BCUT2D eigenvalue weighted by molar-refractivity contribution is 6.23. The minimum Gasteiger partial charge on any atom is -0.508 e. The Morgan fingerprint density at radius 2 is 1.89 bits per heavy atom. The number of ketones is 2. The first-order valence-electron chi connectivity index (χ1n) is 12.6. The van der Waals surface area contributed by atoms with Gasteiger partial charge in [-0.25, -0.2) is 4.39 Å². The van der Waals surface area contributed by atoms with Crippen LogP contribution in [0.15, 0.2) is 23.0 Å². The molecule has 0 bridgehead atoms. The average Bonchev–Trinajstić information content (AvgIpc) is 2.82. The fourth-order valence-electron chi connectivity index (χ4n) is 6.15. The Balaban J connectivity index is 1.88. The van der Waals surface area contributed by atoms with E-state index in [1.54, 1.807) is 13.8 Å². The number of hydrogen-bond acceptors (Lipinski definition) is 8. The van der Waals surface area contributed by atoms with Crippen molar-refractivity contribution < 1.29 is 44.0 Å². The number of benzene rings is 1. The molecule has 1 fully saturated rings. The maximum atomic E-state index is 15.2. The third-order valence-electron chi connectivity index (χ3n) is 7.95. The van der Waals surface area contributed by atoms with Crippen molar-refractivity contribution in [2.75, 3.05) is 5.32 Å². The molecule has 7 N–H and O–H groups in total. The highest BCUT2D eigenvalue weighted by Crippen LogP contribution is 2.55. The lowest BCUT2D eigenvalue weighted by Crippen LogP contribution is -2.62. The van der Waals surface area contributed by atoms with Crippen molar-refractivity contribution in [1.82, 2.24) is 0 Å². The van der Waals surface area contributed by atoms with Crippen molar-refractivity contribution in [3.8, 4) is 5.75 Å². The SMILES string of the molecule is CCCCC(=O)Nc1cc(F)c2c(c1O)C(O)=C1C(=O)[C@]3(O)C(O)=C(C(N)=O)C(=O)[C@@H](C(C)C)[C@@H]3C[C@@H]1C2. The molecule has 1 saturated carbocycles. The Morgan fingerprint density at radius 1 is 1.24 bits per heavy atom. The van der Waals surface area contributed by atoms with E-state index < -0.39 is 86.9 Å². The largest absolute Gasteiger partial charge is 0.508 e. The van der Waals surface area contributed by atoms with Gasteiger partial charge in [-0.2, -0.15) is 0 Å². The topological polar surface area (TPSA) is 187 Å². The molecule has 0 heterocycles. The first-order valence-corrected chi connectivity index (χ1v) is 12.6. The van der Waals surface area contributed by atoms with Crippen LogP contribution in [-0.2, 0) is 25.6 Å². The number of unbranched alkanes of at least 4 members (excludes halogenated alkanes) is 1. The molecular formula is C27H31FN2O8. The van der Waals surface area contributed by atoms with Gasteiger partial charge < -0.3 is 31.5 Å². The zero-order valence-corrected chi connectivity index (χ0v) is 21.3. The summed E-state index contributed by atoms with van der Waals surface area (Å²) in [7, 11) is 0. The molecule has 1 aromatic rings. The summed E-state index contributed by atoms with van der Waals surface area (Å²) in [6.45, 7) is 5.19. The van der Waals surface area contributed by atoms with Crippen molar-refractivity contribution in [2.24, 2.45) is 29.4 Å². The smallest absolute Gasteiger partial charge is 0.255 e. The third kappa shape index (κ3) is 3.87. The van der Waals surface area contributed by atoms with E-state index in [0.29, 0.717) is 6.42 Å². The monoisotopic (exact) mass is 530 g/mol. The number of aliphatic hydroxyl groups excluding tert-OH is 2. The molecule has 1 aromatic carbocycles.